The third-order valence-corrected chi connectivity index (χ3v) is 5.03. The quantitative estimate of drug-likeness (QED) is 0.406. The van der Waals surface area contributed by atoms with E-state index >= 15 is 0 Å². The lowest BCUT2D eigenvalue weighted by molar-refractivity contribution is -0.145. The highest BCUT2D eigenvalue weighted by Crippen LogP contribution is 2.39. The molecular weight excluding hydrogens is 413 g/mol. The number of benzene rings is 1. The molecule has 3 heterocycles. The number of fused-ring (bicyclic) bond motifs is 1. The number of halogens is 3. The smallest absolute Gasteiger partial charge is 0.451 e. The van der Waals surface area contributed by atoms with Crippen LogP contribution in [-0.4, -0.2) is 20.1 Å². The molecule has 7 nitrogen and oxygen atoms in total. The Morgan fingerprint density at radius 2 is 1.84 bits per heavy atom. The van der Waals surface area contributed by atoms with E-state index in [1.54, 1.807) is 44.2 Å². The van der Waals surface area contributed by atoms with Crippen LogP contribution >= 0.6 is 0 Å². The molecule has 0 radical (unpaired) electrons. The Morgan fingerprint density at radius 1 is 1.10 bits per heavy atom. The first-order chi connectivity index (χ1) is 14.8. The van der Waals surface area contributed by atoms with E-state index < -0.39 is 18.1 Å². The summed E-state index contributed by atoms with van der Waals surface area (Å²) in [5.74, 6) is 0.466. The maximum atomic E-state index is 13.2. The van der Waals surface area contributed by atoms with Crippen LogP contribution in [0.1, 0.15) is 54.8 Å². The molecule has 31 heavy (non-hydrogen) atoms. The Morgan fingerprint density at radius 3 is 2.52 bits per heavy atom. The van der Waals surface area contributed by atoms with Gasteiger partial charge < -0.3 is 13.7 Å². The highest BCUT2D eigenvalue weighted by atomic mass is 19.4. The van der Waals surface area contributed by atoms with Crippen LogP contribution in [0.5, 0.6) is 5.88 Å². The molecule has 10 heteroatoms. The van der Waals surface area contributed by atoms with Crippen LogP contribution < -0.4 is 4.74 Å². The van der Waals surface area contributed by atoms with Crippen molar-refractivity contribution in [2.24, 2.45) is 0 Å². The Bertz CT molecular complexity index is 1240. The summed E-state index contributed by atoms with van der Waals surface area (Å²) >= 11 is 0. The molecule has 1 aromatic carbocycles. The number of hydrogen-bond acceptors (Lipinski definition) is 7. The second-order valence-corrected chi connectivity index (χ2v) is 7.54. The van der Waals surface area contributed by atoms with Gasteiger partial charge in [0.1, 0.15) is 17.3 Å². The van der Waals surface area contributed by atoms with Crippen molar-refractivity contribution >= 4 is 11.1 Å². The molecule has 1 saturated carbocycles. The number of ether oxygens (including phenoxy) is 1. The first-order valence-corrected chi connectivity index (χ1v) is 9.74. The normalized spacial score (nSPS) is 15.4. The first kappa shape index (κ1) is 19.5. The molecule has 0 spiro atoms. The molecule has 1 unspecified atom stereocenters. The van der Waals surface area contributed by atoms with Crippen LogP contribution in [0.15, 0.2) is 39.3 Å². The van der Waals surface area contributed by atoms with E-state index in [4.69, 9.17) is 13.7 Å². The van der Waals surface area contributed by atoms with Crippen molar-refractivity contribution in [3.05, 3.63) is 53.3 Å². The average Bonchev–Trinajstić information content (AvgIpc) is 3.32. The molecule has 5 rings (SSSR count). The van der Waals surface area contributed by atoms with Gasteiger partial charge in [-0.3, -0.25) is 0 Å². The molecule has 4 aromatic rings. The zero-order valence-corrected chi connectivity index (χ0v) is 16.6. The summed E-state index contributed by atoms with van der Waals surface area (Å²) < 4.78 is 55.9. The van der Waals surface area contributed by atoms with Crippen LogP contribution in [0, 0.1) is 6.92 Å². The summed E-state index contributed by atoms with van der Waals surface area (Å²) in [6.07, 6.45) is -3.14. The molecule has 0 amide bonds. The van der Waals surface area contributed by atoms with Gasteiger partial charge in [0.15, 0.2) is 5.82 Å². The first-order valence-electron chi connectivity index (χ1n) is 9.74. The molecule has 0 aliphatic heterocycles. The number of furan rings is 1. The molecule has 0 saturated heterocycles. The van der Waals surface area contributed by atoms with Crippen molar-refractivity contribution in [1.82, 2.24) is 20.1 Å². The molecule has 160 valence electrons. The fraction of sp³-hybridized carbons (Fsp3) is 0.333. The number of alkyl halides is 3. The van der Waals surface area contributed by atoms with E-state index in [-0.39, 0.29) is 17.0 Å². The van der Waals surface area contributed by atoms with E-state index in [0.29, 0.717) is 17.6 Å². The van der Waals surface area contributed by atoms with E-state index in [9.17, 15) is 13.2 Å². The van der Waals surface area contributed by atoms with Gasteiger partial charge in [-0.1, -0.05) is 17.3 Å². The van der Waals surface area contributed by atoms with Gasteiger partial charge in [0.25, 0.3) is 5.89 Å². The maximum absolute atomic E-state index is 13.2. The highest BCUT2D eigenvalue weighted by Gasteiger charge is 2.36. The largest absolute Gasteiger partial charge is 0.469 e. The second-order valence-electron chi connectivity index (χ2n) is 7.54. The van der Waals surface area contributed by atoms with Gasteiger partial charge in [-0.05, 0) is 50.5 Å². The molecule has 0 N–H and O–H groups in total. The summed E-state index contributed by atoms with van der Waals surface area (Å²) in [6, 6.07) is 8.75. The van der Waals surface area contributed by atoms with E-state index in [1.807, 2.05) is 0 Å². The van der Waals surface area contributed by atoms with Crippen LogP contribution in [0.3, 0.4) is 0 Å². The van der Waals surface area contributed by atoms with E-state index in [2.05, 4.69) is 20.1 Å². The zero-order chi connectivity index (χ0) is 21.8. The van der Waals surface area contributed by atoms with Crippen molar-refractivity contribution in [2.75, 3.05) is 0 Å². The van der Waals surface area contributed by atoms with Crippen molar-refractivity contribution in [1.29, 1.82) is 0 Å². The van der Waals surface area contributed by atoms with Crippen molar-refractivity contribution < 1.29 is 26.8 Å². The van der Waals surface area contributed by atoms with Gasteiger partial charge in [-0.25, -0.2) is 0 Å². The summed E-state index contributed by atoms with van der Waals surface area (Å²) in [5, 5.41) is 4.29. The van der Waals surface area contributed by atoms with E-state index in [1.165, 1.54) is 0 Å². The summed E-state index contributed by atoms with van der Waals surface area (Å²) in [6.45, 7) is 3.34. The van der Waals surface area contributed by atoms with Gasteiger partial charge in [0, 0.05) is 11.5 Å². The van der Waals surface area contributed by atoms with Crippen LogP contribution in [-0.2, 0) is 6.18 Å². The Labute approximate surface area is 174 Å². The van der Waals surface area contributed by atoms with Crippen molar-refractivity contribution in [3.8, 4) is 17.3 Å². The molecule has 3 aromatic heterocycles. The van der Waals surface area contributed by atoms with Gasteiger partial charge >= 0.3 is 6.18 Å². The minimum Gasteiger partial charge on any atom is -0.469 e. The maximum Gasteiger partial charge on any atom is 0.451 e. The minimum atomic E-state index is -4.72. The van der Waals surface area contributed by atoms with Crippen LogP contribution in [0.2, 0.25) is 0 Å². The third kappa shape index (κ3) is 3.85. The number of aryl methyl sites for hydroxylation is 1. The minimum absolute atomic E-state index is 0.166. The Balaban J connectivity index is 1.40. The molecule has 1 aliphatic carbocycles. The summed E-state index contributed by atoms with van der Waals surface area (Å²) in [7, 11) is 0. The molecule has 1 aliphatic rings. The lowest BCUT2D eigenvalue weighted by Gasteiger charge is -2.16. The predicted octanol–water partition coefficient (Wildman–Crippen LogP) is 5.62. The summed E-state index contributed by atoms with van der Waals surface area (Å²) in [4.78, 5) is 11.5. The Kier molecular flexibility index (Phi) is 4.45. The number of hydrogen-bond donors (Lipinski definition) is 0. The highest BCUT2D eigenvalue weighted by molar-refractivity contribution is 5.79. The molecule has 1 fully saturated rings. The predicted molar refractivity (Wildman–Crippen MR) is 102 cm³/mol. The monoisotopic (exact) mass is 430 g/mol. The average molecular weight is 430 g/mol. The number of rotatable bonds is 5. The number of aromatic nitrogens is 4. The van der Waals surface area contributed by atoms with Crippen LogP contribution in [0.25, 0.3) is 22.6 Å². The standard InChI is InChI=1S/C21H17F3N4O3/c1-10-9-15-18(29-10)26-20(21(22,23)24)27-19(15)30-11(2)12-3-7-14(8-4-12)17-25-16(28-31-17)13-5-6-13/h3-4,7-9,11,13H,5-6H2,1-2H3. The Hall–Kier alpha value is -3.43. The van der Waals surface area contributed by atoms with Gasteiger partial charge in [-0.15, -0.1) is 0 Å². The molecule has 0 bridgehead atoms. The van der Waals surface area contributed by atoms with Gasteiger partial charge in [0.2, 0.25) is 17.4 Å². The second kappa shape index (κ2) is 7.07. The fourth-order valence-electron chi connectivity index (χ4n) is 3.22. The third-order valence-electron chi connectivity index (χ3n) is 5.03. The van der Waals surface area contributed by atoms with Crippen LogP contribution in [0.4, 0.5) is 13.2 Å². The topological polar surface area (TPSA) is 87.1 Å². The van der Waals surface area contributed by atoms with Crippen molar-refractivity contribution in [3.63, 3.8) is 0 Å². The van der Waals surface area contributed by atoms with Gasteiger partial charge in [0.05, 0.1) is 0 Å². The molecule has 1 atom stereocenters. The summed E-state index contributed by atoms with van der Waals surface area (Å²) in [5.41, 5.74) is 1.33. The number of nitrogens with zero attached hydrogens (tertiary/aromatic N) is 4. The fourth-order valence-corrected chi connectivity index (χ4v) is 3.22. The molecular formula is C21H17F3N4O3. The lowest BCUT2D eigenvalue weighted by atomic mass is 10.1. The van der Waals surface area contributed by atoms with Gasteiger partial charge in [-0.2, -0.15) is 28.1 Å². The van der Waals surface area contributed by atoms with E-state index in [0.717, 1.165) is 29.8 Å². The zero-order valence-electron chi connectivity index (χ0n) is 16.6. The van der Waals surface area contributed by atoms with Crippen molar-refractivity contribution in [2.45, 2.75) is 44.9 Å². The SMILES string of the molecule is Cc1cc2c(OC(C)c3ccc(-c4nc(C5CC5)no4)cc3)nc(C(F)(F)F)nc2o1. The lowest BCUT2D eigenvalue weighted by Crippen LogP contribution is -2.13.